The van der Waals surface area contributed by atoms with Gasteiger partial charge in [0.2, 0.25) is 0 Å². The molecule has 0 amide bonds. The average Bonchev–Trinajstić information content (AvgIpc) is 2.28. The zero-order valence-electron chi connectivity index (χ0n) is 8.51. The van der Waals surface area contributed by atoms with Crippen LogP contribution in [0.4, 0.5) is 4.39 Å². The van der Waals surface area contributed by atoms with Gasteiger partial charge < -0.3 is 4.42 Å². The molecule has 0 aliphatic heterocycles. The summed E-state index contributed by atoms with van der Waals surface area (Å²) < 4.78 is 41.0. The molecule has 1 heterocycles. The predicted molar refractivity (Wildman–Crippen MR) is 59.8 cm³/mol. The van der Waals surface area contributed by atoms with Crippen LogP contribution in [-0.4, -0.2) is 8.42 Å². The number of fused-ring (bicyclic) bond motifs is 1. The number of halogens is 1. The van der Waals surface area contributed by atoms with Gasteiger partial charge in [-0.15, -0.1) is 0 Å². The summed E-state index contributed by atoms with van der Waals surface area (Å²) in [4.78, 5) is 10.9. The fourth-order valence-electron chi connectivity index (χ4n) is 1.38. The first-order chi connectivity index (χ1) is 7.94. The Bertz CT molecular complexity index is 759. The summed E-state index contributed by atoms with van der Waals surface area (Å²) in [6, 6.07) is 4.26. The van der Waals surface area contributed by atoms with Crippen LogP contribution in [0.5, 0.6) is 0 Å². The Balaban J connectivity index is 2.83. The molecule has 0 saturated heterocycles. The third-order valence-corrected chi connectivity index (χ3v) is 3.56. The van der Waals surface area contributed by atoms with Crippen LogP contribution in [-0.2, 0) is 9.84 Å². The predicted octanol–water partition coefficient (Wildman–Crippen LogP) is 1.85. The molecule has 6 heteroatoms. The van der Waals surface area contributed by atoms with Crippen LogP contribution in [0.15, 0.2) is 50.4 Å². The van der Waals surface area contributed by atoms with Crippen molar-refractivity contribution in [2.24, 2.45) is 0 Å². The standard InChI is InChI=1S/C11H7FO4S/c1-2-17(14,15)7-3-4-8-9(12)6-11(13)16-10(8)5-7/h2-6H,1H2/i12-1. The van der Waals surface area contributed by atoms with Crippen molar-refractivity contribution >= 4 is 20.8 Å². The molecule has 0 bridgehead atoms. The van der Waals surface area contributed by atoms with Crippen molar-refractivity contribution in [2.45, 2.75) is 4.90 Å². The lowest BCUT2D eigenvalue weighted by Gasteiger charge is -2.01. The molecule has 17 heavy (non-hydrogen) atoms. The molecular weight excluding hydrogens is 246 g/mol. The second kappa shape index (κ2) is 3.81. The highest BCUT2D eigenvalue weighted by molar-refractivity contribution is 7.94. The highest BCUT2D eigenvalue weighted by Crippen LogP contribution is 2.21. The van der Waals surface area contributed by atoms with E-state index in [-0.39, 0.29) is 15.9 Å². The Morgan fingerprint density at radius 2 is 2.00 bits per heavy atom. The number of sulfone groups is 1. The second-order valence-electron chi connectivity index (χ2n) is 3.28. The highest BCUT2D eigenvalue weighted by atomic mass is 32.2. The molecule has 1 aromatic heterocycles. The van der Waals surface area contributed by atoms with Crippen LogP contribution in [0.2, 0.25) is 0 Å². The molecular formula is C11H7FO4S. The molecule has 1 aromatic carbocycles. The number of rotatable bonds is 2. The van der Waals surface area contributed by atoms with Crippen molar-refractivity contribution in [1.29, 1.82) is 0 Å². The lowest BCUT2D eigenvalue weighted by molar-refractivity contribution is 0.537. The Morgan fingerprint density at radius 1 is 1.29 bits per heavy atom. The van der Waals surface area contributed by atoms with Crippen molar-refractivity contribution < 1.29 is 17.2 Å². The van der Waals surface area contributed by atoms with Crippen molar-refractivity contribution in [1.82, 2.24) is 0 Å². The topological polar surface area (TPSA) is 64.3 Å². The smallest absolute Gasteiger partial charge is 0.339 e. The molecule has 0 aliphatic carbocycles. The molecule has 0 N–H and O–H groups in total. The van der Waals surface area contributed by atoms with E-state index in [9.17, 15) is 17.6 Å². The SMILES string of the molecule is C=CS(=O)(=O)c1ccc2c([18F])cc(=O)oc2c1. The highest BCUT2D eigenvalue weighted by Gasteiger charge is 2.12. The molecule has 88 valence electrons. The summed E-state index contributed by atoms with van der Waals surface area (Å²) in [6.07, 6.45) is 0. The van der Waals surface area contributed by atoms with E-state index in [1.54, 1.807) is 0 Å². The zero-order chi connectivity index (χ0) is 12.6. The van der Waals surface area contributed by atoms with Crippen LogP contribution in [0.3, 0.4) is 0 Å². The molecule has 2 aromatic rings. The first-order valence-corrected chi connectivity index (χ1v) is 6.09. The third-order valence-electron chi connectivity index (χ3n) is 2.21. The van der Waals surface area contributed by atoms with Crippen molar-refractivity contribution in [2.75, 3.05) is 0 Å². The first kappa shape index (κ1) is 11.5. The summed E-state index contributed by atoms with van der Waals surface area (Å²) in [6.45, 7) is 3.17. The van der Waals surface area contributed by atoms with Crippen LogP contribution in [0.1, 0.15) is 0 Å². The Kier molecular flexibility index (Phi) is 2.59. The second-order valence-corrected chi connectivity index (χ2v) is 5.18. The minimum absolute atomic E-state index is 0.0487. The lowest BCUT2D eigenvalue weighted by Crippen LogP contribution is -2.00. The summed E-state index contributed by atoms with van der Waals surface area (Å²) in [5, 5.41) is 0.818. The van der Waals surface area contributed by atoms with E-state index < -0.39 is 21.3 Å². The third kappa shape index (κ3) is 1.99. The molecule has 0 fully saturated rings. The number of benzene rings is 1. The lowest BCUT2D eigenvalue weighted by atomic mass is 10.2. The van der Waals surface area contributed by atoms with E-state index in [0.29, 0.717) is 6.07 Å². The summed E-state index contributed by atoms with van der Waals surface area (Å²) >= 11 is 0. The van der Waals surface area contributed by atoms with Crippen molar-refractivity contribution in [3.05, 3.63) is 52.5 Å². The van der Waals surface area contributed by atoms with E-state index in [0.717, 1.165) is 11.5 Å². The number of hydrogen-bond donors (Lipinski definition) is 0. The average molecular weight is 253 g/mol. The minimum atomic E-state index is -3.64. The van der Waals surface area contributed by atoms with E-state index in [2.05, 4.69) is 6.58 Å². The Morgan fingerprint density at radius 3 is 2.65 bits per heavy atom. The van der Waals surface area contributed by atoms with E-state index >= 15 is 0 Å². The van der Waals surface area contributed by atoms with Crippen LogP contribution in [0.25, 0.3) is 11.0 Å². The summed E-state index contributed by atoms with van der Waals surface area (Å²) in [5.41, 5.74) is -0.985. The van der Waals surface area contributed by atoms with Crippen LogP contribution < -0.4 is 5.63 Å². The first-order valence-electron chi connectivity index (χ1n) is 4.55. The number of hydrogen-bond acceptors (Lipinski definition) is 4. The van der Waals surface area contributed by atoms with E-state index in [4.69, 9.17) is 4.42 Å². The minimum Gasteiger partial charge on any atom is -0.422 e. The summed E-state index contributed by atoms with van der Waals surface area (Å²) in [5.74, 6) is -0.751. The van der Waals surface area contributed by atoms with Gasteiger partial charge in [0.1, 0.15) is 11.4 Å². The van der Waals surface area contributed by atoms with Gasteiger partial charge in [0.25, 0.3) is 0 Å². The van der Waals surface area contributed by atoms with Gasteiger partial charge in [0, 0.05) is 11.5 Å². The van der Waals surface area contributed by atoms with Crippen molar-refractivity contribution in [3.63, 3.8) is 0 Å². The van der Waals surface area contributed by atoms with Gasteiger partial charge in [-0.3, -0.25) is 0 Å². The molecule has 0 radical (unpaired) electrons. The van der Waals surface area contributed by atoms with Gasteiger partial charge in [0.05, 0.1) is 16.3 Å². The molecule has 0 saturated carbocycles. The zero-order valence-corrected chi connectivity index (χ0v) is 9.33. The van der Waals surface area contributed by atoms with E-state index in [1.165, 1.54) is 12.1 Å². The van der Waals surface area contributed by atoms with Crippen LogP contribution >= 0.6 is 0 Å². The quantitative estimate of drug-likeness (QED) is 0.766. The molecule has 0 unspecified atom stereocenters. The monoisotopic (exact) mass is 253 g/mol. The van der Waals surface area contributed by atoms with Gasteiger partial charge in [-0.2, -0.15) is 0 Å². The van der Waals surface area contributed by atoms with E-state index in [1.807, 2.05) is 0 Å². The van der Waals surface area contributed by atoms with Gasteiger partial charge >= 0.3 is 5.63 Å². The molecule has 0 atom stereocenters. The van der Waals surface area contributed by atoms with Crippen LogP contribution in [0, 0.1) is 5.82 Å². The fourth-order valence-corrected chi connectivity index (χ4v) is 2.10. The van der Waals surface area contributed by atoms with Gasteiger partial charge in [-0.25, -0.2) is 17.6 Å². The maximum absolute atomic E-state index is 13.3. The molecule has 0 spiro atoms. The Labute approximate surface area is 95.9 Å². The molecule has 2 rings (SSSR count). The maximum Gasteiger partial charge on any atom is 0.339 e. The normalized spacial score (nSPS) is 11.6. The molecule has 4 nitrogen and oxygen atoms in total. The van der Waals surface area contributed by atoms with Gasteiger partial charge in [0.15, 0.2) is 9.84 Å². The Hall–Kier alpha value is -1.95. The van der Waals surface area contributed by atoms with Gasteiger partial charge in [-0.1, -0.05) is 6.58 Å². The fraction of sp³-hybridized carbons (Fsp3) is 0. The van der Waals surface area contributed by atoms with Crippen molar-refractivity contribution in [3.8, 4) is 0 Å². The maximum atomic E-state index is 13.3. The largest absolute Gasteiger partial charge is 0.422 e. The molecule has 0 aliphatic rings. The van der Waals surface area contributed by atoms with Gasteiger partial charge in [-0.05, 0) is 12.1 Å². The summed E-state index contributed by atoms with van der Waals surface area (Å²) in [7, 11) is -3.64.